The number of rotatable bonds is 1. The first-order valence-electron chi connectivity index (χ1n) is 7.22. The number of nitrogens with zero attached hydrogens (tertiary/aromatic N) is 2. The Balaban J connectivity index is 1.81. The van der Waals surface area contributed by atoms with Crippen LogP contribution in [0.4, 0.5) is 5.69 Å². The van der Waals surface area contributed by atoms with E-state index in [9.17, 15) is 9.90 Å². The molecule has 2 unspecified atom stereocenters. The van der Waals surface area contributed by atoms with Gasteiger partial charge in [0.1, 0.15) is 6.10 Å². The summed E-state index contributed by atoms with van der Waals surface area (Å²) in [5, 5.41) is 15.2. The zero-order valence-electron chi connectivity index (χ0n) is 12.3. The van der Waals surface area contributed by atoms with Gasteiger partial charge in [0.15, 0.2) is 5.54 Å². The van der Waals surface area contributed by atoms with Crippen molar-refractivity contribution in [3.8, 4) is 0 Å². The third kappa shape index (κ3) is 1.82. The highest BCUT2D eigenvalue weighted by atomic mass is 79.9. The largest absolute Gasteiger partial charge is 0.383 e. The number of nitrogens with one attached hydrogen (secondary N) is 1. The average molecular weight is 372 g/mol. The maximum absolute atomic E-state index is 12.9. The van der Waals surface area contributed by atoms with Gasteiger partial charge < -0.3 is 10.0 Å². The van der Waals surface area contributed by atoms with Crippen LogP contribution < -0.4 is 10.3 Å². The minimum absolute atomic E-state index is 0.206. The predicted molar refractivity (Wildman–Crippen MR) is 91.4 cm³/mol. The van der Waals surface area contributed by atoms with E-state index in [2.05, 4.69) is 26.5 Å². The van der Waals surface area contributed by atoms with E-state index < -0.39 is 11.6 Å². The summed E-state index contributed by atoms with van der Waals surface area (Å²) in [5.41, 5.74) is 4.46. The van der Waals surface area contributed by atoms with Crippen molar-refractivity contribution in [1.82, 2.24) is 5.43 Å². The van der Waals surface area contributed by atoms with Crippen molar-refractivity contribution < 1.29 is 9.90 Å². The molecule has 1 amide bonds. The Hall–Kier alpha value is -2.18. The summed E-state index contributed by atoms with van der Waals surface area (Å²) in [6.45, 7) is 0. The number of hydrogen-bond acceptors (Lipinski definition) is 4. The van der Waals surface area contributed by atoms with E-state index in [0.29, 0.717) is 5.71 Å². The minimum atomic E-state index is -1.24. The van der Waals surface area contributed by atoms with Crippen molar-refractivity contribution in [3.05, 3.63) is 64.1 Å². The van der Waals surface area contributed by atoms with E-state index in [0.717, 1.165) is 21.3 Å². The van der Waals surface area contributed by atoms with Crippen LogP contribution in [0.25, 0.3) is 0 Å². The molecule has 4 rings (SSSR count). The molecule has 0 aromatic heterocycles. The predicted octanol–water partition coefficient (Wildman–Crippen LogP) is 1.99. The molecule has 6 heteroatoms. The number of carbonyl (C=O) groups excluding carboxylic acids is 1. The number of hydrogen-bond donors (Lipinski definition) is 2. The number of aliphatic hydroxyl groups is 1. The van der Waals surface area contributed by atoms with Gasteiger partial charge in [-0.3, -0.25) is 10.2 Å². The molecular weight excluding hydrogens is 358 g/mol. The van der Waals surface area contributed by atoms with Crippen LogP contribution in [0.2, 0.25) is 0 Å². The minimum Gasteiger partial charge on any atom is -0.383 e. The molecule has 0 aliphatic carbocycles. The smallest absolute Gasteiger partial charge is 0.261 e. The number of likely N-dealkylation sites (N-methyl/N-ethyl adjacent to an activating group) is 1. The molecule has 116 valence electrons. The second kappa shape index (κ2) is 4.91. The Kier molecular flexibility index (Phi) is 3.08. The second-order valence-electron chi connectivity index (χ2n) is 5.71. The summed E-state index contributed by atoms with van der Waals surface area (Å²) in [6, 6.07) is 14.9. The number of para-hydroxylation sites is 1. The van der Waals surface area contributed by atoms with Crippen LogP contribution in [0.3, 0.4) is 0 Å². The van der Waals surface area contributed by atoms with Gasteiger partial charge in [-0.2, -0.15) is 5.10 Å². The van der Waals surface area contributed by atoms with Crippen molar-refractivity contribution in [1.29, 1.82) is 0 Å². The SMILES string of the molecule is CN1C(=O)C2(NN=C(c3ccc(Br)cc3)C2O)c2ccccc21. The lowest BCUT2D eigenvalue weighted by Crippen LogP contribution is -2.54. The van der Waals surface area contributed by atoms with Crippen LogP contribution in [0.5, 0.6) is 0 Å². The molecule has 2 aromatic carbocycles. The Labute approximate surface area is 141 Å². The summed E-state index contributed by atoms with van der Waals surface area (Å²) in [4.78, 5) is 14.4. The normalized spacial score (nSPS) is 25.5. The van der Waals surface area contributed by atoms with Gasteiger partial charge in [0, 0.05) is 28.3 Å². The van der Waals surface area contributed by atoms with E-state index in [4.69, 9.17) is 0 Å². The number of anilines is 1. The van der Waals surface area contributed by atoms with Crippen molar-refractivity contribution >= 4 is 33.2 Å². The summed E-state index contributed by atoms with van der Waals surface area (Å²) < 4.78 is 0.944. The summed E-state index contributed by atoms with van der Waals surface area (Å²) >= 11 is 3.39. The third-order valence-corrected chi connectivity index (χ3v) is 5.02. The van der Waals surface area contributed by atoms with Crippen LogP contribution in [0, 0.1) is 0 Å². The molecule has 5 nitrogen and oxygen atoms in total. The molecule has 0 saturated heterocycles. The number of aliphatic hydroxyl groups excluding tert-OH is 1. The van der Waals surface area contributed by atoms with Crippen molar-refractivity contribution in [3.63, 3.8) is 0 Å². The van der Waals surface area contributed by atoms with Crippen LogP contribution in [-0.4, -0.2) is 29.9 Å². The number of hydrazone groups is 1. The van der Waals surface area contributed by atoms with Gasteiger partial charge >= 0.3 is 0 Å². The summed E-state index contributed by atoms with van der Waals surface area (Å²) in [6.07, 6.45) is -1.05. The van der Waals surface area contributed by atoms with Crippen LogP contribution in [-0.2, 0) is 10.3 Å². The summed E-state index contributed by atoms with van der Waals surface area (Å²) in [7, 11) is 1.71. The van der Waals surface area contributed by atoms with Gasteiger partial charge in [0.25, 0.3) is 5.91 Å². The van der Waals surface area contributed by atoms with Crippen molar-refractivity contribution in [2.75, 3.05) is 11.9 Å². The molecule has 2 N–H and O–H groups in total. The van der Waals surface area contributed by atoms with Gasteiger partial charge in [-0.15, -0.1) is 0 Å². The molecule has 0 saturated carbocycles. The van der Waals surface area contributed by atoms with E-state index >= 15 is 0 Å². The second-order valence-corrected chi connectivity index (χ2v) is 6.62. The number of benzene rings is 2. The highest BCUT2D eigenvalue weighted by Gasteiger charge is 2.59. The lowest BCUT2D eigenvalue weighted by Gasteiger charge is -2.26. The molecule has 2 aliphatic heterocycles. The van der Waals surface area contributed by atoms with E-state index in [-0.39, 0.29) is 5.91 Å². The fraction of sp³-hybridized carbons (Fsp3) is 0.176. The molecular formula is C17H14BrN3O2. The van der Waals surface area contributed by atoms with Gasteiger partial charge in [-0.1, -0.05) is 46.3 Å². The topological polar surface area (TPSA) is 64.9 Å². The first-order chi connectivity index (χ1) is 11.1. The molecule has 2 atom stereocenters. The van der Waals surface area contributed by atoms with Gasteiger partial charge in [0.05, 0.1) is 5.71 Å². The Morgan fingerprint density at radius 1 is 1.22 bits per heavy atom. The van der Waals surface area contributed by atoms with E-state index in [1.165, 1.54) is 0 Å². The molecule has 2 heterocycles. The van der Waals surface area contributed by atoms with Crippen LogP contribution in [0.15, 0.2) is 58.1 Å². The Bertz CT molecular complexity index is 834. The molecule has 0 fully saturated rings. The fourth-order valence-electron chi connectivity index (χ4n) is 3.28. The van der Waals surface area contributed by atoms with Crippen molar-refractivity contribution in [2.45, 2.75) is 11.6 Å². The average Bonchev–Trinajstić information content (AvgIpc) is 3.02. The number of halogens is 1. The fourth-order valence-corrected chi connectivity index (χ4v) is 3.54. The zero-order chi connectivity index (χ0) is 16.2. The molecule has 0 radical (unpaired) electrons. The van der Waals surface area contributed by atoms with Gasteiger partial charge in [-0.25, -0.2) is 0 Å². The first-order valence-corrected chi connectivity index (χ1v) is 8.01. The number of amides is 1. The Morgan fingerprint density at radius 2 is 1.91 bits per heavy atom. The van der Waals surface area contributed by atoms with Crippen LogP contribution >= 0.6 is 15.9 Å². The summed E-state index contributed by atoms with van der Waals surface area (Å²) in [5.74, 6) is -0.206. The van der Waals surface area contributed by atoms with Gasteiger partial charge in [-0.05, 0) is 18.2 Å². The maximum Gasteiger partial charge on any atom is 0.261 e. The Morgan fingerprint density at radius 3 is 2.65 bits per heavy atom. The number of carbonyl (C=O) groups is 1. The van der Waals surface area contributed by atoms with Crippen molar-refractivity contribution in [2.24, 2.45) is 5.10 Å². The monoisotopic (exact) mass is 371 g/mol. The maximum atomic E-state index is 12.9. The lowest BCUT2D eigenvalue weighted by molar-refractivity contribution is -0.126. The van der Waals surface area contributed by atoms with E-state index in [1.807, 2.05) is 48.5 Å². The van der Waals surface area contributed by atoms with Crippen LogP contribution in [0.1, 0.15) is 11.1 Å². The van der Waals surface area contributed by atoms with Gasteiger partial charge in [0.2, 0.25) is 0 Å². The third-order valence-electron chi connectivity index (χ3n) is 4.49. The quantitative estimate of drug-likeness (QED) is 0.805. The zero-order valence-corrected chi connectivity index (χ0v) is 13.9. The lowest BCUT2D eigenvalue weighted by atomic mass is 9.83. The first kappa shape index (κ1) is 14.4. The molecule has 1 spiro atoms. The standard InChI is InChI=1S/C17H14BrN3O2/c1-21-13-5-3-2-4-12(13)17(16(21)23)15(22)14(19-20-17)10-6-8-11(18)9-7-10/h2-9,15,20,22H,1H3. The highest BCUT2D eigenvalue weighted by Crippen LogP contribution is 2.44. The molecule has 23 heavy (non-hydrogen) atoms. The molecule has 0 bridgehead atoms. The highest BCUT2D eigenvalue weighted by molar-refractivity contribution is 9.10. The molecule has 2 aliphatic rings. The molecule has 2 aromatic rings. The number of fused-ring (bicyclic) bond motifs is 2. The van der Waals surface area contributed by atoms with E-state index in [1.54, 1.807) is 11.9 Å².